The second-order valence-corrected chi connectivity index (χ2v) is 21.9. The monoisotopic (exact) mass is 1020 g/mol. The van der Waals surface area contributed by atoms with Crippen molar-refractivity contribution in [3.8, 4) is 0 Å². The van der Waals surface area contributed by atoms with E-state index in [1.807, 2.05) is 18.2 Å². The largest absolute Gasteiger partial charge is 0.491 e. The number of hydrogen-bond acceptors (Lipinski definition) is 14. The summed E-state index contributed by atoms with van der Waals surface area (Å²) in [5.74, 6) is 4.19. The third kappa shape index (κ3) is 41.6. The Labute approximate surface area is 419 Å². The van der Waals surface area contributed by atoms with Gasteiger partial charge in [0.2, 0.25) is 11.8 Å². The van der Waals surface area contributed by atoms with Gasteiger partial charge in [0.05, 0.1) is 19.8 Å². The van der Waals surface area contributed by atoms with Gasteiger partial charge in [-0.05, 0) is 35.8 Å². The lowest BCUT2D eigenvalue weighted by atomic mass is 10.0. The van der Waals surface area contributed by atoms with Crippen LogP contribution < -0.4 is 16.5 Å². The van der Waals surface area contributed by atoms with Crippen molar-refractivity contribution in [2.24, 2.45) is 5.90 Å². The molecule has 394 valence electrons. The zero-order valence-corrected chi connectivity index (χ0v) is 44.9. The number of unbranched alkanes of at least 4 members (excludes halogenated alkanes) is 28. The number of aromatic nitrogens is 1. The Bertz CT molecular complexity index is 1420. The van der Waals surface area contributed by atoms with Crippen LogP contribution in [0, 0.1) is 0 Å². The Morgan fingerprint density at radius 2 is 1.09 bits per heavy atom. The van der Waals surface area contributed by atoms with E-state index in [1.165, 1.54) is 163 Å². The Kier molecular flexibility index (Phi) is 44.2. The van der Waals surface area contributed by atoms with Gasteiger partial charge in [0, 0.05) is 37.8 Å². The number of carbonyl (C=O) groups is 4. The van der Waals surface area contributed by atoms with Gasteiger partial charge in [0.15, 0.2) is 6.10 Å². The Hall–Kier alpha value is -2.20. The summed E-state index contributed by atoms with van der Waals surface area (Å²) in [4.78, 5) is 54.2. The lowest BCUT2D eigenvalue weighted by Crippen LogP contribution is -2.38. The Morgan fingerprint density at radius 3 is 1.56 bits per heavy atom. The number of rotatable bonds is 50. The first-order valence-electron chi connectivity index (χ1n) is 26.6. The van der Waals surface area contributed by atoms with Crippen molar-refractivity contribution >= 4 is 53.2 Å². The maximum atomic E-state index is 13.2. The number of phosphoric ester groups is 1. The first-order valence-corrected chi connectivity index (χ1v) is 30.4. The number of phosphoric acid groups is 1. The molecule has 2 amide bonds. The maximum absolute atomic E-state index is 13.2. The van der Waals surface area contributed by atoms with Gasteiger partial charge in [-0.25, -0.2) is 20.1 Å². The number of carbonyl (C=O) groups excluding carboxylic acids is 4. The Morgan fingerprint density at radius 1 is 0.603 bits per heavy atom. The molecule has 0 aromatic carbocycles. The summed E-state index contributed by atoms with van der Waals surface area (Å²) < 4.78 is 39.5. The molecule has 0 radical (unpaired) electrons. The van der Waals surface area contributed by atoms with E-state index in [9.17, 15) is 23.7 Å². The minimum Gasteiger partial charge on any atom is -0.462 e. The summed E-state index contributed by atoms with van der Waals surface area (Å²) in [5, 5.41) is 5.96. The summed E-state index contributed by atoms with van der Waals surface area (Å²) >= 11 is 0. The third-order valence-corrected chi connectivity index (χ3v) is 15.0. The van der Waals surface area contributed by atoms with Crippen molar-refractivity contribution in [2.75, 3.05) is 38.7 Å². The quantitative estimate of drug-likeness (QED) is 0.0183. The molecule has 17 heteroatoms. The highest BCUT2D eigenvalue weighted by molar-refractivity contribution is 8.76. The summed E-state index contributed by atoms with van der Waals surface area (Å²) in [7, 11) is -1.40. The highest BCUT2D eigenvalue weighted by Gasteiger charge is 2.29. The molecular formula is C51H93N4O10PS2. The smallest absolute Gasteiger partial charge is 0.462 e. The molecule has 0 saturated carbocycles. The fraction of sp³-hybridized carbons (Fsp3) is 0.824. The average Bonchev–Trinajstić information content (AvgIpc) is 3.34. The van der Waals surface area contributed by atoms with Crippen molar-refractivity contribution in [3.05, 3.63) is 24.4 Å². The minimum atomic E-state index is -4.36. The van der Waals surface area contributed by atoms with Gasteiger partial charge < -0.3 is 20.1 Å². The molecule has 1 heterocycles. The summed E-state index contributed by atoms with van der Waals surface area (Å²) in [6.07, 6.45) is 37.9. The van der Waals surface area contributed by atoms with Crippen LogP contribution in [-0.2, 0) is 46.9 Å². The molecule has 1 aromatic heterocycles. The fourth-order valence-corrected chi connectivity index (χ4v) is 10.2. The second kappa shape index (κ2) is 47.1. The van der Waals surface area contributed by atoms with Gasteiger partial charge in [0.1, 0.15) is 11.6 Å². The van der Waals surface area contributed by atoms with Crippen molar-refractivity contribution in [3.63, 3.8) is 0 Å². The number of esters is 2. The number of amides is 2. The summed E-state index contributed by atoms with van der Waals surface area (Å²) in [5.41, 5.74) is 0. The van der Waals surface area contributed by atoms with Crippen molar-refractivity contribution < 1.29 is 46.9 Å². The molecule has 1 rings (SSSR count). The van der Waals surface area contributed by atoms with Gasteiger partial charge in [0.25, 0.3) is 0 Å². The van der Waals surface area contributed by atoms with Gasteiger partial charge in [-0.15, -0.1) is 0 Å². The van der Waals surface area contributed by atoms with Crippen LogP contribution in [0.5, 0.6) is 0 Å². The van der Waals surface area contributed by atoms with Gasteiger partial charge in [-0.3, -0.25) is 28.2 Å². The normalized spacial score (nSPS) is 12.6. The molecule has 0 fully saturated rings. The number of hydrogen-bond donors (Lipinski definition) is 3. The topological polar surface area (TPSA) is 194 Å². The van der Waals surface area contributed by atoms with E-state index in [4.69, 9.17) is 24.4 Å². The SMILES string of the molecule is CCCCCCCCCCCCCCCCCC(=O)OC[C@H](COP(=O)(ON)OCCNC(=O)CNC(=O)CCSSc1ccccn1)OC(=O)CCCCCCCCCCCCCCCCC. The molecule has 14 nitrogen and oxygen atoms in total. The highest BCUT2D eigenvalue weighted by atomic mass is 33.1. The molecule has 0 bridgehead atoms. The van der Waals surface area contributed by atoms with Crippen LogP contribution in [0.15, 0.2) is 29.4 Å². The van der Waals surface area contributed by atoms with Crippen molar-refractivity contribution in [2.45, 2.75) is 237 Å². The molecular weight excluding hydrogens is 924 g/mol. The molecule has 0 aliphatic heterocycles. The summed E-state index contributed by atoms with van der Waals surface area (Å²) in [6, 6.07) is 5.61. The predicted octanol–water partition coefficient (Wildman–Crippen LogP) is 13.5. The van der Waals surface area contributed by atoms with E-state index in [0.29, 0.717) is 18.6 Å². The third-order valence-electron chi connectivity index (χ3n) is 11.6. The molecule has 1 aromatic rings. The van der Waals surface area contributed by atoms with Crippen LogP contribution in [-0.4, -0.2) is 73.5 Å². The van der Waals surface area contributed by atoms with Crippen molar-refractivity contribution in [1.82, 2.24) is 15.6 Å². The standard InChI is InChI=1S/C51H93N4O10PS2/c1-3-5-7-9-11-13-15-17-19-21-23-25-27-29-31-36-50(58)61-44-46(64-51(59)37-32-30-28-26-24-22-20-18-16-14-12-10-8-6-4-2)45-63-66(60,65-52)62-41-40-53-48(57)43-55-47(56)38-42-67-68-49-35-33-34-39-54-49/h33-35,39,46H,3-32,36-38,40-45,52H2,1-2H3,(H,53,57)(H,55,56)/t46-,66?/m1/s1. The first-order chi connectivity index (χ1) is 33.2. The van der Waals surface area contributed by atoms with Gasteiger partial charge in [-0.1, -0.05) is 210 Å². The molecule has 4 N–H and O–H groups in total. The van der Waals surface area contributed by atoms with E-state index < -0.39 is 38.4 Å². The predicted molar refractivity (Wildman–Crippen MR) is 278 cm³/mol. The highest BCUT2D eigenvalue weighted by Crippen LogP contribution is 2.47. The molecule has 1 unspecified atom stereocenters. The van der Waals surface area contributed by atoms with E-state index >= 15 is 0 Å². The van der Waals surface area contributed by atoms with Crippen LogP contribution in [0.2, 0.25) is 0 Å². The van der Waals surface area contributed by atoms with Gasteiger partial charge in [-0.2, -0.15) is 0 Å². The fourth-order valence-electron chi connectivity index (χ4n) is 7.48. The molecule has 0 saturated heterocycles. The molecule has 68 heavy (non-hydrogen) atoms. The lowest BCUT2D eigenvalue weighted by molar-refractivity contribution is -0.161. The molecule has 0 aliphatic carbocycles. The van der Waals surface area contributed by atoms with E-state index in [-0.39, 0.29) is 51.5 Å². The zero-order valence-electron chi connectivity index (χ0n) is 42.3. The van der Waals surface area contributed by atoms with Crippen LogP contribution in [0.1, 0.15) is 226 Å². The minimum absolute atomic E-state index is 0.0867. The van der Waals surface area contributed by atoms with Crippen LogP contribution in [0.4, 0.5) is 0 Å². The van der Waals surface area contributed by atoms with Crippen LogP contribution in [0.25, 0.3) is 0 Å². The number of nitrogens with one attached hydrogen (secondary N) is 2. The number of pyridine rings is 1. The van der Waals surface area contributed by atoms with Crippen LogP contribution >= 0.6 is 29.4 Å². The zero-order chi connectivity index (χ0) is 49.4. The average molecular weight is 1020 g/mol. The van der Waals surface area contributed by atoms with E-state index in [0.717, 1.165) is 43.6 Å². The van der Waals surface area contributed by atoms with Gasteiger partial charge >= 0.3 is 19.8 Å². The Balaban J connectivity index is 2.42. The molecule has 2 atom stereocenters. The number of nitrogens with zero attached hydrogens (tertiary/aromatic N) is 1. The van der Waals surface area contributed by atoms with Crippen molar-refractivity contribution in [1.29, 1.82) is 0 Å². The van der Waals surface area contributed by atoms with E-state index in [1.54, 1.807) is 6.20 Å². The second-order valence-electron chi connectivity index (χ2n) is 17.8. The first kappa shape index (κ1) is 63.8. The summed E-state index contributed by atoms with van der Waals surface area (Å²) in [6.45, 7) is 3.11. The van der Waals surface area contributed by atoms with Crippen LogP contribution in [0.3, 0.4) is 0 Å². The number of ether oxygens (including phenoxy) is 2. The molecule has 0 aliphatic rings. The lowest BCUT2D eigenvalue weighted by Gasteiger charge is -2.21. The van der Waals surface area contributed by atoms with E-state index in [2.05, 4.69) is 34.1 Å². The number of nitrogens with two attached hydrogens (primary N) is 1. The molecule has 0 spiro atoms. The maximum Gasteiger partial charge on any atom is 0.491 e.